The largest absolute Gasteiger partial charge is 0.103 e. The van der Waals surface area contributed by atoms with Crippen LogP contribution in [0.25, 0.3) is 33.4 Å². The highest BCUT2D eigenvalue weighted by Crippen LogP contribution is 2.59. The molecule has 3 aliphatic carbocycles. The van der Waals surface area contributed by atoms with Gasteiger partial charge in [-0.05, 0) is 227 Å². The predicted molar refractivity (Wildman–Crippen MR) is 377 cm³/mol. The van der Waals surface area contributed by atoms with Gasteiger partial charge in [-0.2, -0.15) is 0 Å². The Morgan fingerprint density at radius 2 is 0.552 bits per heavy atom. The standard InChI is InChI=1S/C35H34.C27H28.C25H30/c1-5-7-9-27-13-17-29(18-14-27)35(30-19-15-28(16-20-30)10-8-6-2)33-23-25(3)11-21-31(33)32-22-12-26(4)24-34(32)35;1-5-6-7-16-27(22-12-8-19(2)9-13-22)25-17-20(3)10-14-23(25)24-15-11-21(4)18-26(24)27;1-5-7-9-15-25(16-10-8-6-2)23-17-19(3)11-13-21(23)22-14-12-20(4)18-24(22)25/h5-6,11-24H,1-2,7-10H2,3-4H3;5,8-15,17-18H,1,6-7,16H2,2-4H3;5-6,11-14,17-18H,1-2,7-10,15-16H2,3-4H3. The Kier molecular flexibility index (Phi) is 19.3. The topological polar surface area (TPSA) is 0 Å². The van der Waals surface area contributed by atoms with Crippen LogP contribution in [-0.4, -0.2) is 0 Å². The average molecular weight is 1140 g/mol. The monoisotopic (exact) mass is 1140 g/mol. The van der Waals surface area contributed by atoms with Crippen LogP contribution in [-0.2, 0) is 29.1 Å². The number of hydrogen-bond donors (Lipinski definition) is 0. The van der Waals surface area contributed by atoms with Gasteiger partial charge in [0.2, 0.25) is 0 Å². The molecular formula is C87H92. The summed E-state index contributed by atoms with van der Waals surface area (Å²) >= 11 is 0. The zero-order valence-corrected chi connectivity index (χ0v) is 53.4. The van der Waals surface area contributed by atoms with Crippen molar-refractivity contribution in [3.63, 3.8) is 0 Å². The zero-order chi connectivity index (χ0) is 61.3. The first-order valence-corrected chi connectivity index (χ1v) is 32.2. The van der Waals surface area contributed by atoms with E-state index < -0.39 is 0 Å². The van der Waals surface area contributed by atoms with Crippen molar-refractivity contribution in [2.45, 2.75) is 148 Å². The maximum atomic E-state index is 3.95. The second kappa shape index (κ2) is 27.2. The van der Waals surface area contributed by atoms with Gasteiger partial charge < -0.3 is 0 Å². The van der Waals surface area contributed by atoms with Crippen LogP contribution < -0.4 is 0 Å². The Balaban J connectivity index is 0.000000147. The molecule has 0 bridgehead atoms. The van der Waals surface area contributed by atoms with Crippen molar-refractivity contribution in [2.75, 3.05) is 0 Å². The van der Waals surface area contributed by atoms with Crippen LogP contribution in [0.5, 0.6) is 0 Å². The van der Waals surface area contributed by atoms with Crippen LogP contribution in [0.1, 0.15) is 171 Å². The fourth-order valence-electron chi connectivity index (χ4n) is 14.9. The Morgan fingerprint density at radius 3 is 0.897 bits per heavy atom. The molecule has 0 aromatic heterocycles. The molecule has 0 saturated heterocycles. The van der Waals surface area contributed by atoms with Gasteiger partial charge in [-0.1, -0.05) is 251 Å². The molecule has 87 heavy (non-hydrogen) atoms. The number of hydrogen-bond acceptors (Lipinski definition) is 0. The third kappa shape index (κ3) is 12.1. The smallest absolute Gasteiger partial charge is 0.0713 e. The molecular weight excluding hydrogens is 1040 g/mol. The Morgan fingerprint density at radius 1 is 0.276 bits per heavy atom. The molecule has 440 valence electrons. The van der Waals surface area contributed by atoms with Crippen molar-refractivity contribution in [2.24, 2.45) is 0 Å². The van der Waals surface area contributed by atoms with Crippen LogP contribution in [0.4, 0.5) is 0 Å². The van der Waals surface area contributed by atoms with Crippen molar-refractivity contribution in [3.8, 4) is 33.4 Å². The van der Waals surface area contributed by atoms with E-state index in [1.54, 1.807) is 11.1 Å². The molecule has 0 saturated carbocycles. The quantitative estimate of drug-likeness (QED) is 0.0497. The molecule has 0 heterocycles. The summed E-state index contributed by atoms with van der Waals surface area (Å²) in [5, 5.41) is 0. The number of fused-ring (bicyclic) bond motifs is 9. The molecule has 0 unspecified atom stereocenters. The molecule has 9 aromatic rings. The molecule has 0 radical (unpaired) electrons. The lowest BCUT2D eigenvalue weighted by atomic mass is 9.67. The van der Waals surface area contributed by atoms with E-state index >= 15 is 0 Å². The molecule has 9 aromatic carbocycles. The molecule has 0 N–H and O–H groups in total. The van der Waals surface area contributed by atoms with E-state index in [0.717, 1.165) is 57.8 Å². The highest BCUT2D eigenvalue weighted by atomic mass is 14.5. The second-order valence-corrected chi connectivity index (χ2v) is 25.5. The minimum Gasteiger partial charge on any atom is -0.103 e. The van der Waals surface area contributed by atoms with Gasteiger partial charge in [0, 0.05) is 10.8 Å². The normalized spacial score (nSPS) is 13.6. The molecule has 0 fully saturated rings. The number of unbranched alkanes of at least 4 members (excludes halogenated alkanes) is 3. The number of rotatable bonds is 21. The average Bonchev–Trinajstić information content (AvgIpc) is 1.62. The van der Waals surface area contributed by atoms with Gasteiger partial charge in [0.05, 0.1) is 5.41 Å². The van der Waals surface area contributed by atoms with Crippen LogP contribution in [0.2, 0.25) is 0 Å². The SMILES string of the molecule is C=CCCCC1(CCCC=C)c2cc(C)ccc2-c2ccc(C)cc21.C=CCCCC1(c2ccc(C)cc2)c2cc(C)ccc2-c2ccc(C)cc21.C=CCCc1ccc(C2(c3ccc(CCC=C)cc3)c3cc(C)ccc3-c3ccc(C)cc32)cc1. The summed E-state index contributed by atoms with van der Waals surface area (Å²) in [6.45, 7) is 35.0. The third-order valence-corrected chi connectivity index (χ3v) is 19.3. The van der Waals surface area contributed by atoms with E-state index in [1.165, 1.54) is 148 Å². The van der Waals surface area contributed by atoms with E-state index in [4.69, 9.17) is 0 Å². The van der Waals surface area contributed by atoms with E-state index in [1.807, 2.05) is 18.2 Å². The van der Waals surface area contributed by atoms with Gasteiger partial charge in [0.15, 0.2) is 0 Å². The molecule has 0 nitrogen and oxygen atoms in total. The van der Waals surface area contributed by atoms with Gasteiger partial charge in [0.1, 0.15) is 0 Å². The van der Waals surface area contributed by atoms with Crippen LogP contribution in [0.15, 0.2) is 245 Å². The minimum absolute atomic E-state index is 0.0700. The van der Waals surface area contributed by atoms with E-state index in [2.05, 4.69) is 276 Å². The first-order valence-electron chi connectivity index (χ1n) is 32.2. The minimum atomic E-state index is -0.337. The summed E-state index contributed by atoms with van der Waals surface area (Å²) in [5.74, 6) is 0. The van der Waals surface area contributed by atoms with Gasteiger partial charge in [-0.3, -0.25) is 0 Å². The predicted octanol–water partition coefficient (Wildman–Crippen LogP) is 23.5. The second-order valence-electron chi connectivity index (χ2n) is 25.5. The zero-order valence-electron chi connectivity index (χ0n) is 53.4. The Labute approximate surface area is 523 Å². The summed E-state index contributed by atoms with van der Waals surface area (Å²) in [5.41, 5.74) is 33.0. The molecule has 0 amide bonds. The first-order chi connectivity index (χ1) is 42.2. The Hall–Kier alpha value is -8.32. The number of aryl methyl sites for hydroxylation is 9. The summed E-state index contributed by atoms with van der Waals surface area (Å²) < 4.78 is 0. The molecule has 0 atom stereocenters. The van der Waals surface area contributed by atoms with E-state index in [-0.39, 0.29) is 16.2 Å². The molecule has 12 rings (SSSR count). The lowest BCUT2D eigenvalue weighted by Gasteiger charge is -2.34. The highest BCUT2D eigenvalue weighted by molar-refractivity contribution is 5.88. The molecule has 0 heteroatoms. The van der Waals surface area contributed by atoms with Crippen molar-refractivity contribution < 1.29 is 0 Å². The lowest BCUT2D eigenvalue weighted by molar-refractivity contribution is 0.422. The van der Waals surface area contributed by atoms with E-state index in [9.17, 15) is 0 Å². The summed E-state index contributed by atoms with van der Waals surface area (Å²) in [7, 11) is 0. The highest BCUT2D eigenvalue weighted by Gasteiger charge is 2.47. The number of benzene rings is 9. The Bertz CT molecular complexity index is 3720. The first kappa shape index (κ1) is 61.8. The fourth-order valence-corrected chi connectivity index (χ4v) is 14.9. The van der Waals surface area contributed by atoms with Crippen molar-refractivity contribution in [1.29, 1.82) is 0 Å². The van der Waals surface area contributed by atoms with Gasteiger partial charge in [-0.15, -0.1) is 32.9 Å². The molecule has 3 aliphatic rings. The number of allylic oxidation sites excluding steroid dienone is 5. The molecule has 0 spiro atoms. The van der Waals surface area contributed by atoms with Crippen LogP contribution >= 0.6 is 0 Å². The van der Waals surface area contributed by atoms with Gasteiger partial charge >= 0.3 is 0 Å². The summed E-state index contributed by atoms with van der Waals surface area (Å²) in [6, 6.07) is 69.8. The van der Waals surface area contributed by atoms with E-state index in [0.29, 0.717) is 0 Å². The molecule has 0 aliphatic heterocycles. The maximum absolute atomic E-state index is 3.95. The lowest BCUT2D eigenvalue weighted by Crippen LogP contribution is -2.29. The summed E-state index contributed by atoms with van der Waals surface area (Å²) in [6.07, 6.45) is 24.5. The maximum Gasteiger partial charge on any atom is 0.0713 e. The van der Waals surface area contributed by atoms with Crippen molar-refractivity contribution in [1.82, 2.24) is 0 Å². The van der Waals surface area contributed by atoms with Crippen molar-refractivity contribution in [3.05, 3.63) is 345 Å². The summed E-state index contributed by atoms with van der Waals surface area (Å²) in [4.78, 5) is 0. The van der Waals surface area contributed by atoms with Crippen LogP contribution in [0.3, 0.4) is 0 Å². The third-order valence-electron chi connectivity index (χ3n) is 19.3. The van der Waals surface area contributed by atoms with Gasteiger partial charge in [0.25, 0.3) is 0 Å². The van der Waals surface area contributed by atoms with Gasteiger partial charge in [-0.25, -0.2) is 0 Å². The van der Waals surface area contributed by atoms with Crippen molar-refractivity contribution >= 4 is 0 Å². The fraction of sp³-hybridized carbons (Fsp3) is 0.264. The van der Waals surface area contributed by atoms with Crippen LogP contribution in [0, 0.1) is 48.5 Å².